The van der Waals surface area contributed by atoms with Crippen molar-refractivity contribution in [2.45, 2.75) is 25.3 Å². The second-order valence-electron chi connectivity index (χ2n) is 6.74. The summed E-state index contributed by atoms with van der Waals surface area (Å²) < 4.78 is 0. The maximum absolute atomic E-state index is 12.3. The van der Waals surface area contributed by atoms with Crippen molar-refractivity contribution in [1.29, 1.82) is 0 Å². The van der Waals surface area contributed by atoms with Gasteiger partial charge in [-0.3, -0.25) is 14.5 Å². The zero-order chi connectivity index (χ0) is 18.2. The van der Waals surface area contributed by atoms with Crippen molar-refractivity contribution in [3.8, 4) is 0 Å². The molecule has 130 valence electrons. The van der Waals surface area contributed by atoms with E-state index in [1.54, 1.807) is 26.1 Å². The molecule has 2 atom stereocenters. The van der Waals surface area contributed by atoms with E-state index in [0.29, 0.717) is 0 Å². The van der Waals surface area contributed by atoms with E-state index >= 15 is 0 Å². The second-order valence-corrected chi connectivity index (χ2v) is 6.74. The average Bonchev–Trinajstić information content (AvgIpc) is 2.60. The molecule has 0 radical (unpaired) electrons. The Bertz CT molecular complexity index is 812. The number of allylic oxidation sites excluding steroid dienone is 3. The Morgan fingerprint density at radius 2 is 1.96 bits per heavy atom. The number of carbonyl (C=O) groups is 2. The van der Waals surface area contributed by atoms with Gasteiger partial charge in [-0.2, -0.15) is 0 Å². The number of carbonyl (C=O) groups excluding carboxylic acids is 1. The summed E-state index contributed by atoms with van der Waals surface area (Å²) in [5, 5.41) is 10.1. The number of carboxylic acids is 1. The summed E-state index contributed by atoms with van der Waals surface area (Å²) in [6, 6.07) is 9.62. The summed E-state index contributed by atoms with van der Waals surface area (Å²) in [4.78, 5) is 30.3. The van der Waals surface area contributed by atoms with Crippen LogP contribution in [0.5, 0.6) is 0 Å². The summed E-state index contributed by atoms with van der Waals surface area (Å²) >= 11 is 0. The molecule has 2 aliphatic rings. The molecule has 25 heavy (non-hydrogen) atoms. The van der Waals surface area contributed by atoms with Gasteiger partial charge in [0.15, 0.2) is 5.96 Å². The highest BCUT2D eigenvalue weighted by Crippen LogP contribution is 2.49. The van der Waals surface area contributed by atoms with E-state index in [0.717, 1.165) is 11.1 Å². The molecule has 1 aromatic carbocycles. The van der Waals surface area contributed by atoms with Crippen molar-refractivity contribution in [2.75, 3.05) is 7.05 Å². The van der Waals surface area contributed by atoms with Gasteiger partial charge in [0.25, 0.3) is 0 Å². The quantitative estimate of drug-likeness (QED) is 0.881. The smallest absolute Gasteiger partial charge is 0.316 e. The highest BCUT2D eigenvalue weighted by molar-refractivity contribution is 6.00. The van der Waals surface area contributed by atoms with Crippen LogP contribution in [0.2, 0.25) is 0 Å². The van der Waals surface area contributed by atoms with Crippen LogP contribution >= 0.6 is 0 Å². The van der Waals surface area contributed by atoms with Gasteiger partial charge < -0.3 is 10.8 Å². The first-order valence-electron chi connectivity index (χ1n) is 8.08. The van der Waals surface area contributed by atoms with Crippen molar-refractivity contribution >= 4 is 23.4 Å². The second kappa shape index (κ2) is 5.88. The van der Waals surface area contributed by atoms with Gasteiger partial charge in [0, 0.05) is 7.05 Å². The van der Waals surface area contributed by atoms with Crippen molar-refractivity contribution in [3.05, 3.63) is 54.1 Å². The van der Waals surface area contributed by atoms with Crippen LogP contribution < -0.4 is 5.73 Å². The van der Waals surface area contributed by atoms with Gasteiger partial charge in [0.05, 0.1) is 12.0 Å². The van der Waals surface area contributed by atoms with E-state index in [2.05, 4.69) is 4.99 Å². The third-order valence-corrected chi connectivity index (χ3v) is 5.21. The lowest BCUT2D eigenvalue weighted by Crippen LogP contribution is -2.58. The number of hydrogen-bond donors (Lipinski definition) is 2. The summed E-state index contributed by atoms with van der Waals surface area (Å²) in [5.74, 6) is -1.20. The number of aliphatic imine (C=N–C) groups is 1. The fourth-order valence-corrected chi connectivity index (χ4v) is 3.51. The zero-order valence-electron chi connectivity index (χ0n) is 14.3. The van der Waals surface area contributed by atoms with E-state index < -0.39 is 16.9 Å². The monoisotopic (exact) mass is 339 g/mol. The maximum Gasteiger partial charge on any atom is 0.316 e. The minimum atomic E-state index is -1.34. The number of benzene rings is 1. The molecule has 0 saturated heterocycles. The Hall–Kier alpha value is -2.89. The topological polar surface area (TPSA) is 96.0 Å². The zero-order valence-corrected chi connectivity index (χ0v) is 14.3. The Morgan fingerprint density at radius 3 is 2.56 bits per heavy atom. The Labute approximate surface area is 146 Å². The molecule has 1 aliphatic carbocycles. The van der Waals surface area contributed by atoms with Crippen LogP contribution in [0.15, 0.2) is 53.6 Å². The highest BCUT2D eigenvalue weighted by atomic mass is 16.4. The van der Waals surface area contributed by atoms with Crippen molar-refractivity contribution < 1.29 is 14.7 Å². The highest BCUT2D eigenvalue weighted by Gasteiger charge is 2.56. The average molecular weight is 339 g/mol. The summed E-state index contributed by atoms with van der Waals surface area (Å²) in [7, 11) is 1.54. The van der Waals surface area contributed by atoms with E-state index in [9.17, 15) is 14.7 Å². The summed E-state index contributed by atoms with van der Waals surface area (Å²) in [6.45, 7) is 1.69. The predicted molar refractivity (Wildman–Crippen MR) is 95.7 cm³/mol. The lowest BCUT2D eigenvalue weighted by molar-refractivity contribution is -0.150. The standard InChI is InChI=1S/C19H21N3O3/c1-18(12-15(23)22(2)17(20)21-18)19(16(24)25)10-6-9-14(11-19)13-7-4-3-5-8-13/h3-10H,11-12H2,1-2H3,(H2,20,21)(H,24,25). The van der Waals surface area contributed by atoms with Gasteiger partial charge in [-0.1, -0.05) is 48.6 Å². The fraction of sp³-hybridized carbons (Fsp3) is 0.316. The SMILES string of the molecule is CN1C(=O)CC(C)(C2(C(=O)O)C=CC=C(c3ccccc3)C2)N=C1N. The van der Waals surface area contributed by atoms with Gasteiger partial charge >= 0.3 is 5.97 Å². The fourth-order valence-electron chi connectivity index (χ4n) is 3.51. The molecule has 0 fully saturated rings. The molecule has 0 spiro atoms. The van der Waals surface area contributed by atoms with Gasteiger partial charge in [-0.25, -0.2) is 4.99 Å². The number of amides is 1. The molecule has 1 amide bonds. The molecule has 3 N–H and O–H groups in total. The van der Waals surface area contributed by atoms with Crippen LogP contribution in [-0.4, -0.2) is 40.4 Å². The van der Waals surface area contributed by atoms with Gasteiger partial charge in [-0.05, 0) is 24.5 Å². The predicted octanol–water partition coefficient (Wildman–Crippen LogP) is 2.04. The first-order chi connectivity index (χ1) is 11.8. The van der Waals surface area contributed by atoms with E-state index in [1.165, 1.54) is 4.90 Å². The molecule has 2 unspecified atom stereocenters. The lowest BCUT2D eigenvalue weighted by atomic mass is 9.62. The summed E-state index contributed by atoms with van der Waals surface area (Å²) in [5.41, 5.74) is 5.24. The molecular weight excluding hydrogens is 318 g/mol. The number of nitrogens with zero attached hydrogens (tertiary/aromatic N) is 2. The first kappa shape index (κ1) is 17.0. The third kappa shape index (κ3) is 2.63. The Balaban J connectivity index is 2.08. The lowest BCUT2D eigenvalue weighted by Gasteiger charge is -2.45. The van der Waals surface area contributed by atoms with Crippen molar-refractivity contribution in [2.24, 2.45) is 16.1 Å². The molecule has 3 rings (SSSR count). The third-order valence-electron chi connectivity index (χ3n) is 5.21. The maximum atomic E-state index is 12.3. The number of carboxylic acid groups (broad SMARTS) is 1. The molecule has 6 heteroatoms. The Kier molecular flexibility index (Phi) is 3.99. The molecule has 0 aromatic heterocycles. The first-order valence-corrected chi connectivity index (χ1v) is 8.08. The molecule has 6 nitrogen and oxygen atoms in total. The van der Waals surface area contributed by atoms with Crippen LogP contribution in [0.3, 0.4) is 0 Å². The molecule has 1 heterocycles. The normalized spacial score (nSPS) is 29.2. The van der Waals surface area contributed by atoms with Crippen LogP contribution in [0.25, 0.3) is 5.57 Å². The summed E-state index contributed by atoms with van der Waals surface area (Å²) in [6.07, 6.45) is 5.51. The van der Waals surface area contributed by atoms with Crippen LogP contribution in [0.4, 0.5) is 0 Å². The molecule has 0 bridgehead atoms. The number of guanidine groups is 1. The Morgan fingerprint density at radius 1 is 1.28 bits per heavy atom. The molecular formula is C19H21N3O3. The van der Waals surface area contributed by atoms with Gasteiger partial charge in [0.1, 0.15) is 5.41 Å². The van der Waals surface area contributed by atoms with Gasteiger partial charge in [-0.15, -0.1) is 0 Å². The number of hydrogen-bond acceptors (Lipinski definition) is 4. The van der Waals surface area contributed by atoms with Crippen LogP contribution in [-0.2, 0) is 9.59 Å². The van der Waals surface area contributed by atoms with Crippen molar-refractivity contribution in [1.82, 2.24) is 4.90 Å². The number of nitrogens with two attached hydrogens (primary N) is 1. The largest absolute Gasteiger partial charge is 0.481 e. The van der Waals surface area contributed by atoms with E-state index in [4.69, 9.17) is 5.73 Å². The van der Waals surface area contributed by atoms with Crippen molar-refractivity contribution in [3.63, 3.8) is 0 Å². The van der Waals surface area contributed by atoms with Crippen LogP contribution in [0.1, 0.15) is 25.3 Å². The van der Waals surface area contributed by atoms with E-state index in [1.807, 2.05) is 36.4 Å². The minimum Gasteiger partial charge on any atom is -0.481 e. The molecule has 0 saturated carbocycles. The van der Waals surface area contributed by atoms with E-state index in [-0.39, 0.29) is 24.7 Å². The number of rotatable bonds is 3. The van der Waals surface area contributed by atoms with Crippen LogP contribution in [0, 0.1) is 5.41 Å². The minimum absolute atomic E-state index is 0.0110. The number of aliphatic carboxylic acids is 1. The molecule has 1 aliphatic heterocycles. The van der Waals surface area contributed by atoms with Gasteiger partial charge in [0.2, 0.25) is 5.91 Å². The molecule has 1 aromatic rings.